The van der Waals surface area contributed by atoms with Crippen molar-refractivity contribution < 1.29 is 26.3 Å². The van der Waals surface area contributed by atoms with Crippen molar-refractivity contribution >= 4 is 34.0 Å². The summed E-state index contributed by atoms with van der Waals surface area (Å²) >= 11 is 1.81. The molecule has 9 heteroatoms. The molecule has 0 radical (unpaired) electrons. The summed E-state index contributed by atoms with van der Waals surface area (Å²) < 4.78 is 72.9. The number of hydrogen-bond acceptors (Lipinski definition) is 2. The van der Waals surface area contributed by atoms with Gasteiger partial charge in [0.2, 0.25) is 0 Å². The minimum atomic E-state index is -4.36. The predicted molar refractivity (Wildman–Crippen MR) is 84.4 cm³/mol. The normalized spacial score (nSPS) is 11.6. The predicted octanol–water partition coefficient (Wildman–Crippen LogP) is 5.18. The molecule has 0 unspecified atom stereocenters. The Morgan fingerprint density at radius 2 is 1.17 bits per heavy atom. The summed E-state index contributed by atoms with van der Waals surface area (Å²) in [4.78, 5) is 0. The lowest BCUT2D eigenvalue weighted by atomic mass is 10.2. The summed E-state index contributed by atoms with van der Waals surface area (Å²) in [6.07, 6.45) is -8.70. The highest BCUT2D eigenvalue weighted by molar-refractivity contribution is 14.1. The van der Waals surface area contributed by atoms with Crippen LogP contribution >= 0.6 is 22.6 Å². The third kappa shape index (κ3) is 5.81. The zero-order valence-corrected chi connectivity index (χ0v) is 13.5. The van der Waals surface area contributed by atoms with Gasteiger partial charge in [0.25, 0.3) is 0 Å². The van der Waals surface area contributed by atoms with E-state index < -0.39 is 23.5 Å². The van der Waals surface area contributed by atoms with Crippen LogP contribution in [0.2, 0.25) is 0 Å². The van der Waals surface area contributed by atoms with Gasteiger partial charge in [0.05, 0.1) is 11.1 Å². The maximum atomic E-state index is 12.1. The first-order valence-corrected chi connectivity index (χ1v) is 7.04. The highest BCUT2D eigenvalue weighted by Gasteiger charge is 2.33. The van der Waals surface area contributed by atoms with E-state index in [0.717, 1.165) is 12.1 Å². The van der Waals surface area contributed by atoms with Crippen LogP contribution in [-0.2, 0) is 12.4 Å². The molecule has 0 amide bonds. The van der Waals surface area contributed by atoms with Gasteiger partial charge in [-0.15, -0.1) is 0 Å². The van der Waals surface area contributed by atoms with E-state index in [1.54, 1.807) is 22.6 Å². The average molecular weight is 448 g/mol. The van der Waals surface area contributed by atoms with Crippen molar-refractivity contribution in [2.45, 2.75) is 12.4 Å². The Kier molecular flexibility index (Phi) is 6.14. The molecule has 0 heterocycles. The van der Waals surface area contributed by atoms with Gasteiger partial charge in [-0.25, -0.2) is 0 Å². The maximum Gasteiger partial charge on any atom is 0.418 e. The third-order valence-electron chi connectivity index (χ3n) is 2.59. The largest absolute Gasteiger partial charge is 0.418 e. The van der Waals surface area contributed by atoms with Gasteiger partial charge in [-0.05, 0) is 52.9 Å². The van der Waals surface area contributed by atoms with Gasteiger partial charge >= 0.3 is 12.4 Å². The number of nitrogen functional groups attached to an aromatic ring is 2. The number of rotatable bonds is 0. The Morgan fingerprint density at radius 1 is 0.696 bits per heavy atom. The first kappa shape index (κ1) is 19.4. The van der Waals surface area contributed by atoms with Crippen LogP contribution in [-0.4, -0.2) is 0 Å². The molecule has 0 atom stereocenters. The summed E-state index contributed by atoms with van der Waals surface area (Å²) in [5, 5.41) is 0. The fraction of sp³-hybridized carbons (Fsp3) is 0.143. The monoisotopic (exact) mass is 448 g/mol. The molecule has 0 saturated heterocycles. The van der Waals surface area contributed by atoms with Gasteiger partial charge in [0, 0.05) is 14.9 Å². The summed E-state index contributed by atoms with van der Waals surface area (Å²) in [5.41, 5.74) is 8.22. The van der Waals surface area contributed by atoms with Crippen molar-refractivity contribution in [3.63, 3.8) is 0 Å². The van der Waals surface area contributed by atoms with Crippen LogP contribution in [0.25, 0.3) is 0 Å². The van der Waals surface area contributed by atoms with Gasteiger partial charge in [0.15, 0.2) is 0 Å². The van der Waals surface area contributed by atoms with Crippen molar-refractivity contribution in [2.75, 3.05) is 11.5 Å². The van der Waals surface area contributed by atoms with E-state index in [-0.39, 0.29) is 11.4 Å². The molecule has 0 aliphatic rings. The minimum absolute atomic E-state index is 0.233. The van der Waals surface area contributed by atoms with Crippen LogP contribution in [0.5, 0.6) is 0 Å². The SMILES string of the molecule is Nc1ccc(I)cc1C(F)(F)F.Nc1ccccc1C(F)(F)F. The van der Waals surface area contributed by atoms with Crippen LogP contribution in [0.3, 0.4) is 0 Å². The molecule has 2 aromatic carbocycles. The third-order valence-corrected chi connectivity index (χ3v) is 3.26. The maximum absolute atomic E-state index is 12.1. The molecule has 0 aromatic heterocycles. The van der Waals surface area contributed by atoms with Gasteiger partial charge in [-0.3, -0.25) is 0 Å². The highest BCUT2D eigenvalue weighted by atomic mass is 127. The van der Waals surface area contributed by atoms with Crippen molar-refractivity contribution in [3.8, 4) is 0 Å². The quantitative estimate of drug-likeness (QED) is 0.332. The number of benzene rings is 2. The second-order valence-corrected chi connectivity index (χ2v) is 5.56. The molecule has 0 bridgehead atoms. The summed E-state index contributed by atoms with van der Waals surface area (Å²) in [7, 11) is 0. The first-order chi connectivity index (χ1) is 10.4. The van der Waals surface area contributed by atoms with E-state index in [1.807, 2.05) is 0 Å². The van der Waals surface area contributed by atoms with Crippen LogP contribution in [0.15, 0.2) is 42.5 Å². The van der Waals surface area contributed by atoms with Gasteiger partial charge in [-0.2, -0.15) is 26.3 Å². The van der Waals surface area contributed by atoms with E-state index >= 15 is 0 Å². The van der Waals surface area contributed by atoms with Crippen LogP contribution < -0.4 is 11.5 Å². The molecule has 2 rings (SSSR count). The van der Waals surface area contributed by atoms with Gasteiger partial charge < -0.3 is 11.5 Å². The molecule has 4 N–H and O–H groups in total. The second-order valence-electron chi connectivity index (χ2n) is 4.31. The van der Waals surface area contributed by atoms with E-state index in [1.165, 1.54) is 30.3 Å². The van der Waals surface area contributed by atoms with Crippen LogP contribution in [0.4, 0.5) is 37.7 Å². The van der Waals surface area contributed by atoms with Crippen molar-refractivity contribution in [1.82, 2.24) is 0 Å². The first-order valence-electron chi connectivity index (χ1n) is 5.97. The standard InChI is InChI=1S/C7H5F3IN.C7H6F3N/c8-7(9,10)5-3-4(11)1-2-6(5)12;8-7(9,10)5-3-1-2-4-6(5)11/h1-3H,12H2;1-4H,11H2. The van der Waals surface area contributed by atoms with Gasteiger partial charge in [-0.1, -0.05) is 12.1 Å². The van der Waals surface area contributed by atoms with E-state index in [2.05, 4.69) is 0 Å². The molecule has 126 valence electrons. The molecule has 23 heavy (non-hydrogen) atoms. The smallest absolute Gasteiger partial charge is 0.398 e. The zero-order chi connectivity index (χ0) is 17.8. The molecule has 0 spiro atoms. The average Bonchev–Trinajstić information content (AvgIpc) is 2.40. The molecular formula is C14H11F6IN2. The fourth-order valence-electron chi connectivity index (χ4n) is 1.53. The summed E-state index contributed by atoms with van der Waals surface area (Å²) in [6.45, 7) is 0. The lowest BCUT2D eigenvalue weighted by Gasteiger charge is -2.09. The van der Waals surface area contributed by atoms with E-state index in [0.29, 0.717) is 3.57 Å². The molecular weight excluding hydrogens is 437 g/mol. The van der Waals surface area contributed by atoms with Crippen molar-refractivity contribution in [2.24, 2.45) is 0 Å². The zero-order valence-electron chi connectivity index (χ0n) is 11.3. The second kappa shape index (κ2) is 7.28. The minimum Gasteiger partial charge on any atom is -0.398 e. The van der Waals surface area contributed by atoms with Crippen LogP contribution in [0.1, 0.15) is 11.1 Å². The number of nitrogens with two attached hydrogens (primary N) is 2. The molecule has 0 aliphatic carbocycles. The highest BCUT2D eigenvalue weighted by Crippen LogP contribution is 2.34. The van der Waals surface area contributed by atoms with E-state index in [4.69, 9.17) is 11.5 Å². The fourth-order valence-corrected chi connectivity index (χ4v) is 2.02. The number of anilines is 2. The van der Waals surface area contributed by atoms with Crippen LogP contribution in [0, 0.1) is 3.57 Å². The molecule has 0 fully saturated rings. The molecule has 0 aliphatic heterocycles. The number of alkyl halides is 6. The number of hydrogen-bond donors (Lipinski definition) is 2. The summed E-state index contributed by atoms with van der Waals surface area (Å²) in [6, 6.07) is 8.76. The Labute approximate surface area is 141 Å². The Morgan fingerprint density at radius 3 is 1.57 bits per heavy atom. The molecule has 2 aromatic rings. The Hall–Kier alpha value is -1.65. The topological polar surface area (TPSA) is 52.0 Å². The number of halogens is 7. The molecule has 2 nitrogen and oxygen atoms in total. The Bertz CT molecular complexity index is 667. The van der Waals surface area contributed by atoms with E-state index in [9.17, 15) is 26.3 Å². The Balaban J connectivity index is 0.000000231. The van der Waals surface area contributed by atoms with Gasteiger partial charge in [0.1, 0.15) is 0 Å². The number of para-hydroxylation sites is 1. The summed E-state index contributed by atoms with van der Waals surface area (Å²) in [5.74, 6) is 0. The molecule has 0 saturated carbocycles. The lowest BCUT2D eigenvalue weighted by molar-refractivity contribution is -0.137. The lowest BCUT2D eigenvalue weighted by Crippen LogP contribution is -2.08. The van der Waals surface area contributed by atoms with Crippen molar-refractivity contribution in [3.05, 3.63) is 57.2 Å². The van der Waals surface area contributed by atoms with Crippen molar-refractivity contribution in [1.29, 1.82) is 0 Å².